The van der Waals surface area contributed by atoms with Crippen molar-refractivity contribution in [3.63, 3.8) is 0 Å². The number of rotatable bonds is 3. The Hall–Kier alpha value is -0.610. The predicted molar refractivity (Wildman–Crippen MR) is 41.6 cm³/mol. The van der Waals surface area contributed by atoms with Crippen LogP contribution in [0.15, 0.2) is 0 Å². The smallest absolute Gasteiger partial charge is 0.308 e. The summed E-state index contributed by atoms with van der Waals surface area (Å²) in [5.74, 6) is -0.265. The minimum Gasteiger partial charge on any atom is -0.469 e. The van der Waals surface area contributed by atoms with Crippen LogP contribution in [-0.4, -0.2) is 37.5 Å². The van der Waals surface area contributed by atoms with Gasteiger partial charge in [-0.25, -0.2) is 0 Å². The van der Waals surface area contributed by atoms with Crippen molar-refractivity contribution in [1.29, 1.82) is 0 Å². The van der Waals surface area contributed by atoms with Gasteiger partial charge in [0.1, 0.15) is 0 Å². The minimum atomic E-state index is -0.611. The van der Waals surface area contributed by atoms with Crippen LogP contribution in [0.2, 0.25) is 0 Å². The van der Waals surface area contributed by atoms with E-state index in [1.54, 1.807) is 0 Å². The van der Waals surface area contributed by atoms with Crippen LogP contribution in [0.3, 0.4) is 0 Å². The van der Waals surface area contributed by atoms with Gasteiger partial charge in [-0.05, 0) is 6.42 Å². The zero-order valence-corrected chi connectivity index (χ0v) is 7.16. The molecule has 4 nitrogen and oxygen atoms in total. The van der Waals surface area contributed by atoms with Crippen LogP contribution in [0, 0.1) is 5.92 Å². The lowest BCUT2D eigenvalue weighted by Crippen LogP contribution is -2.24. The number of esters is 1. The first-order valence-corrected chi connectivity index (χ1v) is 4.06. The van der Waals surface area contributed by atoms with Crippen molar-refractivity contribution in [2.75, 3.05) is 20.3 Å². The summed E-state index contributed by atoms with van der Waals surface area (Å²) in [4.78, 5) is 10.8. The van der Waals surface area contributed by atoms with Crippen molar-refractivity contribution >= 4 is 5.97 Å². The van der Waals surface area contributed by atoms with E-state index in [0.717, 1.165) is 6.42 Å². The number of methoxy groups -OCH3 is 1. The Morgan fingerprint density at radius 3 is 3.08 bits per heavy atom. The summed E-state index contributed by atoms with van der Waals surface area (Å²) in [6.07, 6.45) is 0.294. The van der Waals surface area contributed by atoms with E-state index in [-0.39, 0.29) is 18.3 Å². The molecule has 0 spiro atoms. The normalized spacial score (nSPS) is 25.3. The van der Waals surface area contributed by atoms with Gasteiger partial charge in [0.25, 0.3) is 0 Å². The van der Waals surface area contributed by atoms with Crippen LogP contribution in [0.25, 0.3) is 0 Å². The number of carbonyl (C=O) groups is 1. The van der Waals surface area contributed by atoms with Gasteiger partial charge in [0.15, 0.2) is 0 Å². The maximum atomic E-state index is 10.8. The van der Waals surface area contributed by atoms with E-state index in [1.165, 1.54) is 7.11 Å². The van der Waals surface area contributed by atoms with E-state index < -0.39 is 6.10 Å². The van der Waals surface area contributed by atoms with Gasteiger partial charge >= 0.3 is 5.97 Å². The molecule has 0 aromatic heterocycles. The summed E-state index contributed by atoms with van der Waals surface area (Å²) >= 11 is 0. The highest BCUT2D eigenvalue weighted by Crippen LogP contribution is 2.18. The SMILES string of the molecule is COC(=O)CC(O)C1CCOC1. The first kappa shape index (κ1) is 9.48. The van der Waals surface area contributed by atoms with Crippen molar-refractivity contribution in [1.82, 2.24) is 0 Å². The summed E-state index contributed by atoms with van der Waals surface area (Å²) in [6, 6.07) is 0. The molecule has 0 saturated carbocycles. The number of hydrogen-bond donors (Lipinski definition) is 1. The molecule has 12 heavy (non-hydrogen) atoms. The van der Waals surface area contributed by atoms with E-state index in [2.05, 4.69) is 4.74 Å². The van der Waals surface area contributed by atoms with E-state index >= 15 is 0 Å². The van der Waals surface area contributed by atoms with Crippen molar-refractivity contribution in [3.8, 4) is 0 Å². The van der Waals surface area contributed by atoms with Crippen LogP contribution >= 0.6 is 0 Å². The molecule has 4 heteroatoms. The molecule has 0 bridgehead atoms. The van der Waals surface area contributed by atoms with E-state index in [4.69, 9.17) is 4.74 Å². The molecule has 1 saturated heterocycles. The van der Waals surface area contributed by atoms with Crippen LogP contribution in [0.5, 0.6) is 0 Å². The number of aliphatic hydroxyl groups is 1. The molecule has 0 aromatic rings. The molecular formula is C8H14O4. The number of hydrogen-bond acceptors (Lipinski definition) is 4. The van der Waals surface area contributed by atoms with E-state index in [1.807, 2.05) is 0 Å². The maximum absolute atomic E-state index is 10.8. The van der Waals surface area contributed by atoms with Crippen molar-refractivity contribution in [3.05, 3.63) is 0 Å². The molecule has 1 aliphatic rings. The Kier molecular flexibility index (Phi) is 3.49. The third-order valence-electron chi connectivity index (χ3n) is 2.11. The highest BCUT2D eigenvalue weighted by Gasteiger charge is 2.25. The summed E-state index contributed by atoms with van der Waals surface area (Å²) in [6.45, 7) is 1.24. The van der Waals surface area contributed by atoms with Gasteiger partial charge < -0.3 is 14.6 Å². The fourth-order valence-corrected chi connectivity index (χ4v) is 1.28. The number of aliphatic hydroxyl groups excluding tert-OH is 1. The average Bonchev–Trinajstić information content (AvgIpc) is 2.56. The largest absolute Gasteiger partial charge is 0.469 e. The third-order valence-corrected chi connectivity index (χ3v) is 2.11. The standard InChI is InChI=1S/C8H14O4/c1-11-8(10)4-7(9)6-2-3-12-5-6/h6-7,9H,2-5H2,1H3. The van der Waals surface area contributed by atoms with Crippen LogP contribution in [0.1, 0.15) is 12.8 Å². The summed E-state index contributed by atoms with van der Waals surface area (Å²) < 4.78 is 9.52. The average molecular weight is 174 g/mol. The quantitative estimate of drug-likeness (QED) is 0.609. The Morgan fingerprint density at radius 1 is 1.83 bits per heavy atom. The van der Waals surface area contributed by atoms with Crippen molar-refractivity contribution in [2.45, 2.75) is 18.9 Å². The van der Waals surface area contributed by atoms with Gasteiger partial charge in [-0.15, -0.1) is 0 Å². The van der Waals surface area contributed by atoms with Gasteiger partial charge in [0, 0.05) is 12.5 Å². The monoisotopic (exact) mass is 174 g/mol. The Morgan fingerprint density at radius 2 is 2.58 bits per heavy atom. The fraction of sp³-hybridized carbons (Fsp3) is 0.875. The van der Waals surface area contributed by atoms with E-state index in [0.29, 0.717) is 13.2 Å². The molecule has 1 rings (SSSR count). The molecule has 0 aliphatic carbocycles. The minimum absolute atomic E-state index is 0.0739. The zero-order chi connectivity index (χ0) is 8.97. The Labute approximate surface area is 71.5 Å². The molecular weight excluding hydrogens is 160 g/mol. The van der Waals surface area contributed by atoms with Crippen molar-refractivity contribution in [2.24, 2.45) is 5.92 Å². The predicted octanol–water partition coefficient (Wildman–Crippen LogP) is -0.0531. The zero-order valence-electron chi connectivity index (χ0n) is 7.16. The molecule has 1 N–H and O–H groups in total. The first-order valence-electron chi connectivity index (χ1n) is 4.06. The second-order valence-electron chi connectivity index (χ2n) is 2.97. The second kappa shape index (κ2) is 4.42. The molecule has 0 radical (unpaired) electrons. The van der Waals surface area contributed by atoms with Crippen LogP contribution in [0.4, 0.5) is 0 Å². The number of ether oxygens (including phenoxy) is 2. The lowest BCUT2D eigenvalue weighted by molar-refractivity contribution is -0.143. The molecule has 0 aromatic carbocycles. The summed E-state index contributed by atoms with van der Waals surface area (Å²) in [7, 11) is 1.32. The van der Waals surface area contributed by atoms with Gasteiger partial charge in [-0.3, -0.25) is 4.79 Å². The Bertz CT molecular complexity index is 151. The highest BCUT2D eigenvalue weighted by molar-refractivity contribution is 5.69. The van der Waals surface area contributed by atoms with Crippen LogP contribution in [-0.2, 0) is 14.3 Å². The molecule has 70 valence electrons. The third kappa shape index (κ3) is 2.46. The topological polar surface area (TPSA) is 55.8 Å². The summed E-state index contributed by atoms with van der Waals surface area (Å²) in [5, 5.41) is 9.47. The first-order chi connectivity index (χ1) is 5.74. The Balaban J connectivity index is 2.26. The molecule has 2 unspecified atom stereocenters. The molecule has 1 aliphatic heterocycles. The van der Waals surface area contributed by atoms with Gasteiger partial charge in [-0.1, -0.05) is 0 Å². The number of carbonyl (C=O) groups excluding carboxylic acids is 1. The molecule has 2 atom stereocenters. The van der Waals surface area contributed by atoms with Gasteiger partial charge in [0.05, 0.1) is 26.2 Å². The van der Waals surface area contributed by atoms with Crippen LogP contribution < -0.4 is 0 Å². The lowest BCUT2D eigenvalue weighted by atomic mass is 9.99. The van der Waals surface area contributed by atoms with Gasteiger partial charge in [-0.2, -0.15) is 0 Å². The highest BCUT2D eigenvalue weighted by atomic mass is 16.5. The summed E-state index contributed by atoms with van der Waals surface area (Å²) in [5.41, 5.74) is 0. The van der Waals surface area contributed by atoms with Crippen molar-refractivity contribution < 1.29 is 19.4 Å². The molecule has 1 fully saturated rings. The molecule has 1 heterocycles. The lowest BCUT2D eigenvalue weighted by Gasteiger charge is -2.14. The van der Waals surface area contributed by atoms with Gasteiger partial charge in [0.2, 0.25) is 0 Å². The molecule has 0 amide bonds. The second-order valence-corrected chi connectivity index (χ2v) is 2.97. The fourth-order valence-electron chi connectivity index (χ4n) is 1.28. The maximum Gasteiger partial charge on any atom is 0.308 e. The van der Waals surface area contributed by atoms with E-state index in [9.17, 15) is 9.90 Å².